The summed E-state index contributed by atoms with van der Waals surface area (Å²) < 4.78 is 18.0. The van der Waals surface area contributed by atoms with Crippen LogP contribution in [0.4, 0.5) is 10.1 Å². The molecule has 0 unspecified atom stereocenters. The van der Waals surface area contributed by atoms with Crippen LogP contribution < -0.4 is 10.5 Å². The van der Waals surface area contributed by atoms with Crippen molar-refractivity contribution < 1.29 is 9.13 Å². The monoisotopic (exact) mass is 218 g/mol. The van der Waals surface area contributed by atoms with E-state index >= 15 is 0 Å². The predicted molar refractivity (Wildman–Crippen MR) is 59.4 cm³/mol. The normalized spacial score (nSPS) is 10.1. The van der Waals surface area contributed by atoms with Crippen molar-refractivity contribution in [2.75, 3.05) is 5.73 Å². The first-order chi connectivity index (χ1) is 7.74. The fraction of sp³-hybridized carbons (Fsp3) is 0.0833. The summed E-state index contributed by atoms with van der Waals surface area (Å²) in [6.45, 7) is 0.339. The maximum Gasteiger partial charge on any atom is 0.130 e. The van der Waals surface area contributed by atoms with E-state index in [0.717, 1.165) is 5.69 Å². The van der Waals surface area contributed by atoms with Gasteiger partial charge in [0.15, 0.2) is 0 Å². The third kappa shape index (κ3) is 2.70. The number of nitrogen functional groups attached to an aromatic ring is 1. The summed E-state index contributed by atoms with van der Waals surface area (Å²) in [6, 6.07) is 9.41. The number of hydrogen-bond acceptors (Lipinski definition) is 3. The van der Waals surface area contributed by atoms with Gasteiger partial charge in [-0.1, -0.05) is 0 Å². The molecule has 0 fully saturated rings. The van der Waals surface area contributed by atoms with Gasteiger partial charge in [0.25, 0.3) is 0 Å². The summed E-state index contributed by atoms with van der Waals surface area (Å²) in [6.07, 6.45) is 1.57. The molecule has 2 N–H and O–H groups in total. The lowest BCUT2D eigenvalue weighted by atomic mass is 10.3. The van der Waals surface area contributed by atoms with Crippen LogP contribution in [0.5, 0.6) is 5.75 Å². The predicted octanol–water partition coefficient (Wildman–Crippen LogP) is 2.38. The number of benzene rings is 1. The van der Waals surface area contributed by atoms with Crippen molar-refractivity contribution in [1.29, 1.82) is 0 Å². The lowest BCUT2D eigenvalue weighted by molar-refractivity contribution is 0.301. The van der Waals surface area contributed by atoms with Gasteiger partial charge in [0.1, 0.15) is 18.2 Å². The highest BCUT2D eigenvalue weighted by atomic mass is 19.1. The Morgan fingerprint density at radius 3 is 2.50 bits per heavy atom. The van der Waals surface area contributed by atoms with Crippen LogP contribution in [0.1, 0.15) is 5.69 Å². The minimum Gasteiger partial charge on any atom is -0.487 e. The van der Waals surface area contributed by atoms with E-state index in [2.05, 4.69) is 4.98 Å². The quantitative estimate of drug-likeness (QED) is 0.860. The zero-order valence-corrected chi connectivity index (χ0v) is 8.56. The van der Waals surface area contributed by atoms with Crippen LogP contribution in [-0.4, -0.2) is 4.98 Å². The van der Waals surface area contributed by atoms with Gasteiger partial charge in [-0.3, -0.25) is 4.98 Å². The number of halogens is 1. The largest absolute Gasteiger partial charge is 0.487 e. The molecule has 3 nitrogen and oxygen atoms in total. The second-order valence-electron chi connectivity index (χ2n) is 3.33. The molecular weight excluding hydrogens is 207 g/mol. The summed E-state index contributed by atoms with van der Waals surface area (Å²) in [5.74, 6) is 0.331. The molecule has 0 bridgehead atoms. The third-order valence-corrected chi connectivity index (χ3v) is 2.05. The average molecular weight is 218 g/mol. The van der Waals surface area contributed by atoms with Gasteiger partial charge < -0.3 is 10.5 Å². The smallest absolute Gasteiger partial charge is 0.130 e. The van der Waals surface area contributed by atoms with Crippen molar-refractivity contribution in [2.45, 2.75) is 6.61 Å². The van der Waals surface area contributed by atoms with Gasteiger partial charge in [0, 0.05) is 0 Å². The summed E-state index contributed by atoms with van der Waals surface area (Å²) >= 11 is 0. The summed E-state index contributed by atoms with van der Waals surface area (Å²) in [4.78, 5) is 4.09. The topological polar surface area (TPSA) is 48.1 Å². The molecule has 4 heteroatoms. The lowest BCUT2D eigenvalue weighted by Crippen LogP contribution is -1.98. The van der Waals surface area contributed by atoms with Crippen molar-refractivity contribution in [3.8, 4) is 5.75 Å². The lowest BCUT2D eigenvalue weighted by Gasteiger charge is -2.05. The van der Waals surface area contributed by atoms with E-state index in [1.807, 2.05) is 0 Å². The number of hydrogen-bond donors (Lipinski definition) is 1. The van der Waals surface area contributed by atoms with E-state index in [9.17, 15) is 4.39 Å². The first-order valence-electron chi connectivity index (χ1n) is 4.83. The molecule has 2 rings (SSSR count). The Labute approximate surface area is 92.7 Å². The molecule has 2 aromatic rings. The maximum absolute atomic E-state index is 12.6. The number of pyridine rings is 1. The SMILES string of the molecule is Nc1ccc(COc2ccc(F)cc2)nc1. The molecule has 0 saturated carbocycles. The first kappa shape index (κ1) is 10.4. The van der Waals surface area contributed by atoms with Crippen molar-refractivity contribution in [3.05, 3.63) is 54.1 Å². The first-order valence-corrected chi connectivity index (χ1v) is 4.83. The Kier molecular flexibility index (Phi) is 3.00. The number of aromatic nitrogens is 1. The highest BCUT2D eigenvalue weighted by Crippen LogP contribution is 2.13. The minimum absolute atomic E-state index is 0.280. The number of ether oxygens (including phenoxy) is 1. The molecule has 0 aliphatic carbocycles. The fourth-order valence-electron chi connectivity index (χ4n) is 1.21. The summed E-state index contributed by atoms with van der Waals surface area (Å²) in [5, 5.41) is 0. The van der Waals surface area contributed by atoms with E-state index in [1.165, 1.54) is 12.1 Å². The van der Waals surface area contributed by atoms with Gasteiger partial charge in [0.05, 0.1) is 17.6 Å². The van der Waals surface area contributed by atoms with Gasteiger partial charge in [-0.05, 0) is 36.4 Å². The van der Waals surface area contributed by atoms with Gasteiger partial charge in [-0.2, -0.15) is 0 Å². The number of rotatable bonds is 3. The Bertz CT molecular complexity index is 408. The molecule has 0 aliphatic heterocycles. The fourth-order valence-corrected chi connectivity index (χ4v) is 1.21. The van der Waals surface area contributed by atoms with E-state index in [4.69, 9.17) is 10.5 Å². The van der Waals surface area contributed by atoms with Crippen LogP contribution >= 0.6 is 0 Å². The molecule has 0 radical (unpaired) electrons. The van der Waals surface area contributed by atoms with Gasteiger partial charge in [-0.15, -0.1) is 0 Å². The molecule has 0 aliphatic rings. The van der Waals surface area contributed by atoms with Crippen LogP contribution in [0.2, 0.25) is 0 Å². The molecule has 1 aromatic carbocycles. The number of nitrogens with two attached hydrogens (primary N) is 1. The summed E-state index contributed by atoms with van der Waals surface area (Å²) in [5.41, 5.74) is 6.90. The van der Waals surface area contributed by atoms with E-state index in [0.29, 0.717) is 18.0 Å². The molecule has 1 aromatic heterocycles. The molecule has 82 valence electrons. The molecule has 0 spiro atoms. The number of anilines is 1. The van der Waals surface area contributed by atoms with Crippen LogP contribution in [0.3, 0.4) is 0 Å². The Hall–Kier alpha value is -2.10. The molecule has 16 heavy (non-hydrogen) atoms. The van der Waals surface area contributed by atoms with Crippen molar-refractivity contribution in [2.24, 2.45) is 0 Å². The van der Waals surface area contributed by atoms with Gasteiger partial charge in [0.2, 0.25) is 0 Å². The summed E-state index contributed by atoms with van der Waals surface area (Å²) in [7, 11) is 0. The molecule has 1 heterocycles. The Balaban J connectivity index is 1.97. The Morgan fingerprint density at radius 1 is 1.12 bits per heavy atom. The zero-order chi connectivity index (χ0) is 11.4. The van der Waals surface area contributed by atoms with Crippen LogP contribution in [0.25, 0.3) is 0 Å². The van der Waals surface area contributed by atoms with Crippen LogP contribution in [0, 0.1) is 5.82 Å². The highest BCUT2D eigenvalue weighted by molar-refractivity contribution is 5.34. The van der Waals surface area contributed by atoms with Crippen molar-refractivity contribution >= 4 is 5.69 Å². The molecule has 0 saturated heterocycles. The van der Waals surface area contributed by atoms with Crippen LogP contribution in [-0.2, 0) is 6.61 Å². The third-order valence-electron chi connectivity index (χ3n) is 2.05. The number of nitrogens with zero attached hydrogens (tertiary/aromatic N) is 1. The Morgan fingerprint density at radius 2 is 1.88 bits per heavy atom. The molecule has 0 atom stereocenters. The maximum atomic E-state index is 12.6. The standard InChI is InChI=1S/C12H11FN2O/c13-9-1-5-12(6-2-9)16-8-11-4-3-10(14)7-15-11/h1-7H,8,14H2. The van der Waals surface area contributed by atoms with Gasteiger partial charge in [-0.25, -0.2) is 4.39 Å². The van der Waals surface area contributed by atoms with Gasteiger partial charge >= 0.3 is 0 Å². The zero-order valence-electron chi connectivity index (χ0n) is 8.56. The van der Waals surface area contributed by atoms with E-state index in [-0.39, 0.29) is 5.82 Å². The second-order valence-corrected chi connectivity index (χ2v) is 3.33. The van der Waals surface area contributed by atoms with Crippen molar-refractivity contribution in [3.63, 3.8) is 0 Å². The molecule has 0 amide bonds. The average Bonchev–Trinajstić information content (AvgIpc) is 2.30. The highest BCUT2D eigenvalue weighted by Gasteiger charge is 1.97. The van der Waals surface area contributed by atoms with Crippen molar-refractivity contribution in [1.82, 2.24) is 4.98 Å². The second kappa shape index (κ2) is 4.61. The minimum atomic E-state index is -0.280. The van der Waals surface area contributed by atoms with E-state index in [1.54, 1.807) is 30.5 Å². The van der Waals surface area contributed by atoms with E-state index < -0.39 is 0 Å². The molecular formula is C12H11FN2O. The van der Waals surface area contributed by atoms with Crippen LogP contribution in [0.15, 0.2) is 42.6 Å².